The van der Waals surface area contributed by atoms with Crippen molar-refractivity contribution in [2.75, 3.05) is 12.0 Å². The number of anilines is 1. The van der Waals surface area contributed by atoms with E-state index in [4.69, 9.17) is 4.74 Å². The van der Waals surface area contributed by atoms with Crippen LogP contribution in [0.3, 0.4) is 0 Å². The maximum Gasteiger partial charge on any atom is 0.168 e. The van der Waals surface area contributed by atoms with Gasteiger partial charge in [0.2, 0.25) is 0 Å². The molecule has 122 valence electrons. The first-order chi connectivity index (χ1) is 11.2. The molecule has 23 heavy (non-hydrogen) atoms. The molecule has 0 unspecified atom stereocenters. The molecule has 0 aliphatic rings. The molecular formula is C18H20F2N2O. The Morgan fingerprint density at radius 1 is 1.13 bits per heavy atom. The summed E-state index contributed by atoms with van der Waals surface area (Å²) < 4.78 is 32.8. The summed E-state index contributed by atoms with van der Waals surface area (Å²) in [6.07, 6.45) is 4.23. The smallest absolute Gasteiger partial charge is 0.168 e. The van der Waals surface area contributed by atoms with E-state index in [-0.39, 0.29) is 11.3 Å². The van der Waals surface area contributed by atoms with E-state index in [1.807, 2.05) is 30.3 Å². The number of benzene rings is 2. The van der Waals surface area contributed by atoms with Gasteiger partial charge in [0, 0.05) is 11.6 Å². The summed E-state index contributed by atoms with van der Waals surface area (Å²) in [6.45, 7) is 2.47. The van der Waals surface area contributed by atoms with Gasteiger partial charge in [-0.25, -0.2) is 8.78 Å². The van der Waals surface area contributed by atoms with Crippen LogP contribution in [0.25, 0.3) is 0 Å². The lowest BCUT2D eigenvalue weighted by molar-refractivity contribution is 0.290. The molecule has 0 aliphatic heterocycles. The molecule has 0 amide bonds. The fourth-order valence-corrected chi connectivity index (χ4v) is 2.04. The first-order valence-electron chi connectivity index (χ1n) is 7.66. The molecule has 0 atom stereocenters. The minimum absolute atomic E-state index is 0.0288. The van der Waals surface area contributed by atoms with Gasteiger partial charge < -0.3 is 4.74 Å². The molecule has 0 fully saturated rings. The van der Waals surface area contributed by atoms with E-state index >= 15 is 0 Å². The van der Waals surface area contributed by atoms with Crippen LogP contribution in [0.2, 0.25) is 0 Å². The summed E-state index contributed by atoms with van der Waals surface area (Å²) in [5.41, 5.74) is 3.85. The van der Waals surface area contributed by atoms with Crippen LogP contribution in [0, 0.1) is 11.6 Å². The number of ether oxygens (including phenoxy) is 1. The number of unbranched alkanes of at least 4 members (excludes halogenated alkanes) is 2. The third kappa shape index (κ3) is 5.36. The van der Waals surface area contributed by atoms with Crippen molar-refractivity contribution in [1.82, 2.24) is 0 Å². The Morgan fingerprint density at radius 2 is 1.91 bits per heavy atom. The fraction of sp³-hybridized carbons (Fsp3) is 0.278. The summed E-state index contributed by atoms with van der Waals surface area (Å²) in [4.78, 5) is 0. The van der Waals surface area contributed by atoms with Crippen molar-refractivity contribution in [1.29, 1.82) is 0 Å². The van der Waals surface area contributed by atoms with E-state index in [0.29, 0.717) is 6.61 Å². The summed E-state index contributed by atoms with van der Waals surface area (Å²) in [5, 5.41) is 4.01. The van der Waals surface area contributed by atoms with E-state index in [9.17, 15) is 8.78 Å². The number of nitrogens with one attached hydrogen (secondary N) is 1. The first-order valence-corrected chi connectivity index (χ1v) is 7.66. The molecule has 0 aromatic heterocycles. The predicted octanol–water partition coefficient (Wildman–Crippen LogP) is 4.98. The highest BCUT2D eigenvalue weighted by atomic mass is 19.1. The Balaban J connectivity index is 2.09. The van der Waals surface area contributed by atoms with Gasteiger partial charge in [0.05, 0.1) is 18.5 Å². The van der Waals surface area contributed by atoms with Crippen molar-refractivity contribution in [3.8, 4) is 5.75 Å². The second-order valence-electron chi connectivity index (χ2n) is 5.10. The number of halogens is 2. The molecule has 2 aromatic rings. The van der Waals surface area contributed by atoms with Crippen molar-refractivity contribution in [3.63, 3.8) is 0 Å². The lowest BCUT2D eigenvalue weighted by Gasteiger charge is -2.10. The first kappa shape index (κ1) is 16.9. The van der Waals surface area contributed by atoms with Crippen LogP contribution < -0.4 is 10.2 Å². The third-order valence-corrected chi connectivity index (χ3v) is 3.20. The van der Waals surface area contributed by atoms with E-state index in [0.717, 1.165) is 31.0 Å². The van der Waals surface area contributed by atoms with E-state index < -0.39 is 11.6 Å². The molecule has 0 spiro atoms. The van der Waals surface area contributed by atoms with Gasteiger partial charge >= 0.3 is 0 Å². The molecule has 0 heterocycles. The number of nitrogens with zero attached hydrogens (tertiary/aromatic N) is 1. The Bertz CT molecular complexity index is 645. The molecule has 0 radical (unpaired) electrons. The van der Waals surface area contributed by atoms with Crippen molar-refractivity contribution in [3.05, 3.63) is 59.7 Å². The molecule has 2 rings (SSSR count). The van der Waals surface area contributed by atoms with Crippen LogP contribution in [0.5, 0.6) is 5.75 Å². The van der Waals surface area contributed by atoms with Crippen molar-refractivity contribution < 1.29 is 13.5 Å². The third-order valence-electron chi connectivity index (χ3n) is 3.20. The summed E-state index contributed by atoms with van der Waals surface area (Å²) in [5.74, 6) is -1.35. The Morgan fingerprint density at radius 3 is 2.65 bits per heavy atom. The number of para-hydroxylation sites is 1. The summed E-state index contributed by atoms with van der Waals surface area (Å²) in [7, 11) is 0. The maximum atomic E-state index is 13.9. The fourth-order valence-electron chi connectivity index (χ4n) is 2.04. The van der Waals surface area contributed by atoms with Crippen LogP contribution in [0.1, 0.15) is 31.7 Å². The molecule has 0 aliphatic carbocycles. The van der Waals surface area contributed by atoms with Gasteiger partial charge in [-0.15, -0.1) is 0 Å². The highest BCUT2D eigenvalue weighted by molar-refractivity contribution is 5.84. The second-order valence-corrected chi connectivity index (χ2v) is 5.10. The van der Waals surface area contributed by atoms with Crippen molar-refractivity contribution in [2.45, 2.75) is 26.2 Å². The highest BCUT2D eigenvalue weighted by Gasteiger charge is 2.11. The van der Waals surface area contributed by atoms with Gasteiger partial charge in [-0.3, -0.25) is 5.43 Å². The monoisotopic (exact) mass is 318 g/mol. The zero-order valence-electron chi connectivity index (χ0n) is 13.1. The summed E-state index contributed by atoms with van der Waals surface area (Å²) in [6, 6.07) is 11.3. The van der Waals surface area contributed by atoms with Gasteiger partial charge in [-0.1, -0.05) is 38.0 Å². The molecule has 0 bridgehead atoms. The number of rotatable bonds is 8. The van der Waals surface area contributed by atoms with Gasteiger partial charge in [-0.2, -0.15) is 5.10 Å². The topological polar surface area (TPSA) is 33.6 Å². The van der Waals surface area contributed by atoms with E-state index in [1.165, 1.54) is 12.3 Å². The average molecular weight is 318 g/mol. The van der Waals surface area contributed by atoms with Crippen molar-refractivity contribution in [2.24, 2.45) is 5.10 Å². The number of hydrogen-bond acceptors (Lipinski definition) is 3. The van der Waals surface area contributed by atoms with Crippen LogP contribution in [0.4, 0.5) is 14.5 Å². The normalized spacial score (nSPS) is 10.9. The zero-order chi connectivity index (χ0) is 16.5. The minimum atomic E-state index is -0.720. The lowest BCUT2D eigenvalue weighted by Crippen LogP contribution is -2.04. The minimum Gasteiger partial charge on any atom is -0.490 e. The Hall–Kier alpha value is -2.43. The standard InChI is InChI=1S/C18H20F2N2O/c1-2-3-7-10-23-18-14(11-15(19)12-17(18)20)13-21-22-16-8-5-4-6-9-16/h4-6,8-9,11-13,22H,2-3,7,10H2,1H3. The molecule has 5 heteroatoms. The molecule has 0 saturated carbocycles. The van der Waals surface area contributed by atoms with Gasteiger partial charge in [0.1, 0.15) is 5.82 Å². The van der Waals surface area contributed by atoms with Crippen LogP contribution in [0.15, 0.2) is 47.6 Å². The summed E-state index contributed by atoms with van der Waals surface area (Å²) >= 11 is 0. The number of hydrogen-bond donors (Lipinski definition) is 1. The van der Waals surface area contributed by atoms with Gasteiger partial charge in [0.15, 0.2) is 11.6 Å². The largest absolute Gasteiger partial charge is 0.490 e. The zero-order valence-corrected chi connectivity index (χ0v) is 13.1. The van der Waals surface area contributed by atoms with Gasteiger partial charge in [-0.05, 0) is 24.6 Å². The predicted molar refractivity (Wildman–Crippen MR) is 89.0 cm³/mol. The molecule has 3 nitrogen and oxygen atoms in total. The second kappa shape index (κ2) is 8.88. The van der Waals surface area contributed by atoms with Crippen LogP contribution in [-0.2, 0) is 0 Å². The average Bonchev–Trinajstić information content (AvgIpc) is 2.54. The SMILES string of the molecule is CCCCCOc1c(F)cc(F)cc1C=NNc1ccccc1. The van der Waals surface area contributed by atoms with E-state index in [1.54, 1.807) is 0 Å². The lowest BCUT2D eigenvalue weighted by atomic mass is 10.2. The molecule has 1 N–H and O–H groups in total. The number of hydrazone groups is 1. The van der Waals surface area contributed by atoms with Crippen LogP contribution in [-0.4, -0.2) is 12.8 Å². The Kier molecular flexibility index (Phi) is 6.54. The molecule has 2 aromatic carbocycles. The highest BCUT2D eigenvalue weighted by Crippen LogP contribution is 2.23. The van der Waals surface area contributed by atoms with Crippen molar-refractivity contribution >= 4 is 11.9 Å². The quantitative estimate of drug-likeness (QED) is 0.423. The Labute approximate surface area is 135 Å². The van der Waals surface area contributed by atoms with Crippen LogP contribution >= 0.6 is 0 Å². The maximum absolute atomic E-state index is 13.9. The van der Waals surface area contributed by atoms with Gasteiger partial charge in [0.25, 0.3) is 0 Å². The van der Waals surface area contributed by atoms with E-state index in [2.05, 4.69) is 17.5 Å². The molecular weight excluding hydrogens is 298 g/mol. The molecule has 0 saturated heterocycles.